The van der Waals surface area contributed by atoms with Gasteiger partial charge in [-0.15, -0.1) is 0 Å². The fourth-order valence-corrected chi connectivity index (χ4v) is 2.80. The molecule has 0 saturated carbocycles. The first-order chi connectivity index (χ1) is 10.1. The number of benzene rings is 2. The number of aryl methyl sites for hydroxylation is 1. The van der Waals surface area contributed by atoms with Crippen LogP contribution in [0, 0.1) is 6.92 Å². The number of fused-ring (bicyclic) bond motifs is 1. The lowest BCUT2D eigenvalue weighted by atomic mass is 10.2. The molecule has 1 heterocycles. The number of anilines is 1. The second-order valence-electron chi connectivity index (χ2n) is 4.86. The van der Waals surface area contributed by atoms with Crippen LogP contribution in [0.4, 0.5) is 5.69 Å². The van der Waals surface area contributed by atoms with Crippen molar-refractivity contribution in [3.8, 4) is 0 Å². The van der Waals surface area contributed by atoms with Crippen molar-refractivity contribution in [1.29, 1.82) is 0 Å². The first-order valence-electron chi connectivity index (χ1n) is 6.56. The third-order valence-corrected chi connectivity index (χ3v) is 3.59. The van der Waals surface area contributed by atoms with E-state index in [0.29, 0.717) is 5.69 Å². The van der Waals surface area contributed by atoms with Crippen LogP contribution in [0.3, 0.4) is 0 Å². The Hall–Kier alpha value is -2.20. The van der Waals surface area contributed by atoms with Gasteiger partial charge in [0.25, 0.3) is 5.91 Å². The third kappa shape index (κ3) is 3.11. The first kappa shape index (κ1) is 13.8. The quantitative estimate of drug-likeness (QED) is 0.743. The van der Waals surface area contributed by atoms with E-state index in [1.807, 2.05) is 55.5 Å². The molecule has 4 heteroatoms. The monoisotopic (exact) mass is 340 g/mol. The van der Waals surface area contributed by atoms with Crippen molar-refractivity contribution < 1.29 is 4.79 Å². The first-order valence-corrected chi connectivity index (χ1v) is 7.35. The van der Waals surface area contributed by atoms with Crippen LogP contribution in [0.2, 0.25) is 0 Å². The molecule has 0 spiro atoms. The fourth-order valence-electron chi connectivity index (χ4n) is 2.20. The summed E-state index contributed by atoms with van der Waals surface area (Å²) in [5.74, 6) is -0.210. The lowest BCUT2D eigenvalue weighted by Crippen LogP contribution is -2.13. The third-order valence-electron chi connectivity index (χ3n) is 3.13. The molecule has 1 amide bonds. The van der Waals surface area contributed by atoms with Crippen LogP contribution in [0.25, 0.3) is 10.9 Å². The largest absolute Gasteiger partial charge is 0.321 e. The number of para-hydroxylation sites is 1. The zero-order chi connectivity index (χ0) is 14.8. The number of halogens is 1. The van der Waals surface area contributed by atoms with E-state index in [1.54, 1.807) is 6.07 Å². The number of pyridine rings is 1. The minimum Gasteiger partial charge on any atom is -0.321 e. The van der Waals surface area contributed by atoms with Crippen LogP contribution in [0.15, 0.2) is 59.1 Å². The van der Waals surface area contributed by atoms with Crippen molar-refractivity contribution in [2.45, 2.75) is 6.92 Å². The molecule has 21 heavy (non-hydrogen) atoms. The van der Waals surface area contributed by atoms with E-state index < -0.39 is 0 Å². The molecule has 1 aromatic heterocycles. The number of hydrogen-bond donors (Lipinski definition) is 1. The highest BCUT2D eigenvalue weighted by Crippen LogP contribution is 2.20. The molecule has 104 valence electrons. The van der Waals surface area contributed by atoms with Gasteiger partial charge in [0.05, 0.1) is 5.52 Å². The maximum Gasteiger partial charge on any atom is 0.274 e. The number of carbonyl (C=O) groups is 1. The van der Waals surface area contributed by atoms with E-state index in [4.69, 9.17) is 0 Å². The van der Waals surface area contributed by atoms with Gasteiger partial charge in [0.1, 0.15) is 5.69 Å². The molecule has 0 unspecified atom stereocenters. The predicted octanol–water partition coefficient (Wildman–Crippen LogP) is 4.56. The van der Waals surface area contributed by atoms with Crippen LogP contribution in [-0.2, 0) is 0 Å². The number of nitrogens with one attached hydrogen (secondary N) is 1. The number of nitrogens with zero attached hydrogens (tertiary/aromatic N) is 1. The van der Waals surface area contributed by atoms with Crippen molar-refractivity contribution in [2.75, 3.05) is 5.32 Å². The van der Waals surface area contributed by atoms with Gasteiger partial charge in [0.15, 0.2) is 0 Å². The molecule has 0 bridgehead atoms. The summed E-state index contributed by atoms with van der Waals surface area (Å²) < 4.78 is 0.935. The summed E-state index contributed by atoms with van der Waals surface area (Å²) in [4.78, 5) is 16.7. The number of aromatic nitrogens is 1. The topological polar surface area (TPSA) is 42.0 Å². The Labute approximate surface area is 131 Å². The Balaban J connectivity index is 1.89. The molecule has 0 atom stereocenters. The zero-order valence-corrected chi connectivity index (χ0v) is 13.0. The van der Waals surface area contributed by atoms with Crippen LogP contribution in [0.1, 0.15) is 16.1 Å². The number of carbonyl (C=O) groups excluding carboxylic acids is 1. The van der Waals surface area contributed by atoms with Crippen molar-refractivity contribution in [2.24, 2.45) is 0 Å². The van der Waals surface area contributed by atoms with Gasteiger partial charge in [-0.05, 0) is 42.8 Å². The summed E-state index contributed by atoms with van der Waals surface area (Å²) in [7, 11) is 0. The van der Waals surface area contributed by atoms with Crippen LogP contribution >= 0.6 is 15.9 Å². The second kappa shape index (κ2) is 5.66. The van der Waals surface area contributed by atoms with Gasteiger partial charge in [-0.25, -0.2) is 4.98 Å². The Morgan fingerprint density at radius 3 is 2.71 bits per heavy atom. The summed E-state index contributed by atoms with van der Waals surface area (Å²) in [5.41, 5.74) is 3.05. The predicted molar refractivity (Wildman–Crippen MR) is 88.6 cm³/mol. The molecule has 0 fully saturated rings. The van der Waals surface area contributed by atoms with Crippen LogP contribution in [-0.4, -0.2) is 10.9 Å². The van der Waals surface area contributed by atoms with Crippen molar-refractivity contribution >= 4 is 38.4 Å². The van der Waals surface area contributed by atoms with Gasteiger partial charge in [0, 0.05) is 15.5 Å². The van der Waals surface area contributed by atoms with Crippen molar-refractivity contribution in [1.82, 2.24) is 4.98 Å². The summed E-state index contributed by atoms with van der Waals surface area (Å²) in [6.07, 6.45) is 0. The average Bonchev–Trinajstić information content (AvgIpc) is 2.45. The second-order valence-corrected chi connectivity index (χ2v) is 5.78. The van der Waals surface area contributed by atoms with E-state index in [1.165, 1.54) is 0 Å². The van der Waals surface area contributed by atoms with Gasteiger partial charge in [-0.3, -0.25) is 4.79 Å². The minimum atomic E-state index is -0.210. The Morgan fingerprint density at radius 1 is 1.10 bits per heavy atom. The maximum atomic E-state index is 12.3. The maximum absolute atomic E-state index is 12.3. The van der Waals surface area contributed by atoms with E-state index in [-0.39, 0.29) is 5.91 Å². The van der Waals surface area contributed by atoms with Crippen molar-refractivity contribution in [3.63, 3.8) is 0 Å². The number of amides is 1. The molecule has 0 aliphatic carbocycles. The number of rotatable bonds is 2. The van der Waals surface area contributed by atoms with Gasteiger partial charge < -0.3 is 5.32 Å². The summed E-state index contributed by atoms with van der Waals surface area (Å²) >= 11 is 3.42. The molecule has 3 aromatic rings. The standard InChI is InChI=1S/C17H13BrN2O/c1-11-8-13(18)10-14(9-11)19-17(21)16-7-6-12-4-2-3-5-15(12)20-16/h2-10H,1H3,(H,19,21). The van der Waals surface area contributed by atoms with E-state index >= 15 is 0 Å². The van der Waals surface area contributed by atoms with Gasteiger partial charge in [-0.1, -0.05) is 40.2 Å². The number of hydrogen-bond acceptors (Lipinski definition) is 2. The molecular weight excluding hydrogens is 328 g/mol. The highest BCUT2D eigenvalue weighted by atomic mass is 79.9. The molecule has 0 radical (unpaired) electrons. The minimum absolute atomic E-state index is 0.210. The normalized spacial score (nSPS) is 10.6. The van der Waals surface area contributed by atoms with E-state index in [2.05, 4.69) is 26.2 Å². The van der Waals surface area contributed by atoms with Crippen molar-refractivity contribution in [3.05, 3.63) is 70.3 Å². The SMILES string of the molecule is Cc1cc(Br)cc(NC(=O)c2ccc3ccccc3n2)c1. The fraction of sp³-hybridized carbons (Fsp3) is 0.0588. The smallest absolute Gasteiger partial charge is 0.274 e. The molecule has 3 rings (SSSR count). The van der Waals surface area contributed by atoms with Gasteiger partial charge in [0.2, 0.25) is 0 Å². The molecule has 3 nitrogen and oxygen atoms in total. The van der Waals surface area contributed by atoms with Gasteiger partial charge >= 0.3 is 0 Å². The van der Waals surface area contributed by atoms with E-state index in [9.17, 15) is 4.79 Å². The Bertz CT molecular complexity index is 810. The highest BCUT2D eigenvalue weighted by Gasteiger charge is 2.09. The molecule has 0 aliphatic rings. The molecular formula is C17H13BrN2O. The summed E-state index contributed by atoms with van der Waals surface area (Å²) in [6, 6.07) is 17.2. The van der Waals surface area contributed by atoms with E-state index in [0.717, 1.165) is 26.6 Å². The van der Waals surface area contributed by atoms with Crippen LogP contribution < -0.4 is 5.32 Å². The molecule has 1 N–H and O–H groups in total. The average molecular weight is 341 g/mol. The zero-order valence-electron chi connectivity index (χ0n) is 11.4. The Morgan fingerprint density at radius 2 is 1.90 bits per heavy atom. The Kier molecular flexibility index (Phi) is 3.71. The van der Waals surface area contributed by atoms with Crippen LogP contribution in [0.5, 0.6) is 0 Å². The summed E-state index contributed by atoms with van der Waals surface area (Å²) in [6.45, 7) is 1.98. The highest BCUT2D eigenvalue weighted by molar-refractivity contribution is 9.10. The lowest BCUT2D eigenvalue weighted by molar-refractivity contribution is 0.102. The van der Waals surface area contributed by atoms with Gasteiger partial charge in [-0.2, -0.15) is 0 Å². The lowest BCUT2D eigenvalue weighted by Gasteiger charge is -2.07. The molecule has 2 aromatic carbocycles. The molecule has 0 aliphatic heterocycles. The summed E-state index contributed by atoms with van der Waals surface area (Å²) in [5, 5.41) is 3.89. The molecule has 0 saturated heterocycles.